The molecule has 0 saturated carbocycles. The molecule has 0 unspecified atom stereocenters. The number of likely N-dealkylation sites (tertiary alicyclic amines) is 1. The first-order valence-electron chi connectivity index (χ1n) is 8.81. The van der Waals surface area contributed by atoms with Crippen LogP contribution in [-0.4, -0.2) is 33.6 Å². The molecule has 5 nitrogen and oxygen atoms in total. The number of hydrogen-bond acceptors (Lipinski definition) is 2. The number of carbonyl (C=O) groups is 1. The van der Waals surface area contributed by atoms with E-state index in [1.165, 1.54) is 12.1 Å². The summed E-state index contributed by atoms with van der Waals surface area (Å²) >= 11 is 0. The van der Waals surface area contributed by atoms with Crippen molar-refractivity contribution in [2.24, 2.45) is 5.92 Å². The quantitative estimate of drug-likeness (QED) is 0.904. The Hall–Kier alpha value is -2.37. The van der Waals surface area contributed by atoms with Gasteiger partial charge in [0.25, 0.3) is 0 Å². The molecule has 1 atom stereocenters. The number of imidazole rings is 1. The summed E-state index contributed by atoms with van der Waals surface area (Å²) in [5.41, 5.74) is 1.09. The monoisotopic (exact) mass is 344 g/mol. The first-order valence-corrected chi connectivity index (χ1v) is 8.81. The molecule has 0 radical (unpaired) electrons. The van der Waals surface area contributed by atoms with Crippen LogP contribution in [0.2, 0.25) is 0 Å². The van der Waals surface area contributed by atoms with Crippen molar-refractivity contribution in [1.82, 2.24) is 19.8 Å². The number of aromatic nitrogens is 2. The maximum Gasteiger partial charge on any atom is 0.317 e. The maximum atomic E-state index is 13.0. The maximum absolute atomic E-state index is 13.0. The van der Waals surface area contributed by atoms with Gasteiger partial charge >= 0.3 is 6.03 Å². The van der Waals surface area contributed by atoms with Crippen LogP contribution in [0.25, 0.3) is 0 Å². The highest BCUT2D eigenvalue weighted by Gasteiger charge is 2.27. The Morgan fingerprint density at radius 3 is 2.84 bits per heavy atom. The van der Waals surface area contributed by atoms with E-state index in [-0.39, 0.29) is 17.8 Å². The third-order valence-corrected chi connectivity index (χ3v) is 4.58. The molecule has 6 heteroatoms. The van der Waals surface area contributed by atoms with Crippen LogP contribution in [-0.2, 0) is 13.1 Å². The summed E-state index contributed by atoms with van der Waals surface area (Å²) in [5, 5.41) is 2.97. The van der Waals surface area contributed by atoms with Gasteiger partial charge in [-0.2, -0.15) is 0 Å². The van der Waals surface area contributed by atoms with Crippen molar-refractivity contribution in [3.8, 4) is 0 Å². The summed E-state index contributed by atoms with van der Waals surface area (Å²) in [7, 11) is 0. The highest BCUT2D eigenvalue weighted by molar-refractivity contribution is 5.74. The van der Waals surface area contributed by atoms with Crippen LogP contribution in [0.15, 0.2) is 36.7 Å². The van der Waals surface area contributed by atoms with Gasteiger partial charge in [0.2, 0.25) is 0 Å². The topological polar surface area (TPSA) is 50.2 Å². The van der Waals surface area contributed by atoms with E-state index in [0.29, 0.717) is 25.6 Å². The first-order chi connectivity index (χ1) is 12.0. The molecule has 25 heavy (non-hydrogen) atoms. The summed E-state index contributed by atoms with van der Waals surface area (Å²) in [6.07, 6.45) is 4.62. The lowest BCUT2D eigenvalue weighted by Gasteiger charge is -2.18. The molecule has 1 N–H and O–H groups in total. The molecule has 1 aliphatic rings. The van der Waals surface area contributed by atoms with Crippen LogP contribution in [0, 0.1) is 11.7 Å². The van der Waals surface area contributed by atoms with Gasteiger partial charge in [0.05, 0.1) is 6.54 Å². The lowest BCUT2D eigenvalue weighted by atomic mass is 9.99. The normalized spacial score (nSPS) is 17.3. The van der Waals surface area contributed by atoms with Gasteiger partial charge in [-0.3, -0.25) is 0 Å². The van der Waals surface area contributed by atoms with Gasteiger partial charge in [-0.15, -0.1) is 0 Å². The van der Waals surface area contributed by atoms with E-state index in [9.17, 15) is 9.18 Å². The predicted molar refractivity (Wildman–Crippen MR) is 94.6 cm³/mol. The third-order valence-electron chi connectivity index (χ3n) is 4.58. The van der Waals surface area contributed by atoms with Gasteiger partial charge < -0.3 is 14.8 Å². The summed E-state index contributed by atoms with van der Waals surface area (Å²) < 4.78 is 15.1. The van der Waals surface area contributed by atoms with Crippen LogP contribution in [0.5, 0.6) is 0 Å². The summed E-state index contributed by atoms with van der Waals surface area (Å²) in [4.78, 5) is 18.6. The van der Waals surface area contributed by atoms with Gasteiger partial charge in [0, 0.05) is 37.9 Å². The minimum absolute atomic E-state index is 0.0660. The minimum atomic E-state index is -0.228. The fraction of sp³-hybridized carbons (Fsp3) is 0.474. The molecule has 1 aromatic carbocycles. The Labute approximate surface area is 147 Å². The van der Waals surface area contributed by atoms with E-state index in [2.05, 4.69) is 28.7 Å². The number of urea groups is 1. The zero-order valence-electron chi connectivity index (χ0n) is 14.8. The molecule has 2 aromatic rings. The van der Waals surface area contributed by atoms with E-state index >= 15 is 0 Å². The largest absolute Gasteiger partial charge is 0.333 e. The average molecular weight is 344 g/mol. The standard InChI is InChI=1S/C19H25FN4O/c1-14(2)12-23-10-8-21-18(23)11-22-19(25)24-9-7-16(13-24)15-3-5-17(20)6-4-15/h3-6,8,10,14,16H,7,9,11-13H2,1-2H3,(H,22,25)/t16-/m1/s1. The Kier molecular flexibility index (Phi) is 5.36. The van der Waals surface area contributed by atoms with Gasteiger partial charge in [0.15, 0.2) is 0 Å². The SMILES string of the molecule is CC(C)Cn1ccnc1CNC(=O)N1CC[C@@H](c2ccc(F)cc2)C1. The summed E-state index contributed by atoms with van der Waals surface area (Å²) in [5.74, 6) is 1.44. The smallest absolute Gasteiger partial charge is 0.317 e. The van der Waals surface area contributed by atoms with E-state index in [1.807, 2.05) is 23.2 Å². The lowest BCUT2D eigenvalue weighted by Crippen LogP contribution is -2.38. The molecule has 1 fully saturated rings. The van der Waals surface area contributed by atoms with Crippen molar-refractivity contribution in [3.05, 3.63) is 53.9 Å². The minimum Gasteiger partial charge on any atom is -0.333 e. The zero-order valence-corrected chi connectivity index (χ0v) is 14.8. The number of carbonyl (C=O) groups excluding carboxylic acids is 1. The van der Waals surface area contributed by atoms with Crippen molar-refractivity contribution in [2.45, 2.75) is 39.3 Å². The van der Waals surface area contributed by atoms with Crippen molar-refractivity contribution in [3.63, 3.8) is 0 Å². The molecule has 134 valence electrons. The van der Waals surface area contributed by atoms with Crippen molar-refractivity contribution < 1.29 is 9.18 Å². The second kappa shape index (κ2) is 7.68. The van der Waals surface area contributed by atoms with Crippen molar-refractivity contribution in [2.75, 3.05) is 13.1 Å². The molecular formula is C19H25FN4O. The Bertz CT molecular complexity index is 710. The molecule has 2 amide bonds. The van der Waals surface area contributed by atoms with Crippen LogP contribution in [0.3, 0.4) is 0 Å². The molecule has 0 aliphatic carbocycles. The molecule has 3 rings (SSSR count). The second-order valence-corrected chi connectivity index (χ2v) is 7.03. The van der Waals surface area contributed by atoms with E-state index in [1.54, 1.807) is 6.20 Å². The Morgan fingerprint density at radius 2 is 2.12 bits per heavy atom. The first kappa shape index (κ1) is 17.5. The van der Waals surface area contributed by atoms with E-state index in [0.717, 1.165) is 24.4 Å². The average Bonchev–Trinajstić information content (AvgIpc) is 3.22. The molecule has 0 bridgehead atoms. The fourth-order valence-electron chi connectivity index (χ4n) is 3.29. The van der Waals surface area contributed by atoms with Crippen LogP contribution in [0.1, 0.15) is 37.6 Å². The molecule has 2 heterocycles. The number of rotatable bonds is 5. The molecule has 1 aliphatic heterocycles. The molecular weight excluding hydrogens is 319 g/mol. The molecule has 1 saturated heterocycles. The zero-order chi connectivity index (χ0) is 17.8. The van der Waals surface area contributed by atoms with Gasteiger partial charge in [-0.1, -0.05) is 26.0 Å². The number of benzene rings is 1. The number of hydrogen-bond donors (Lipinski definition) is 1. The van der Waals surface area contributed by atoms with E-state index < -0.39 is 0 Å². The summed E-state index contributed by atoms with van der Waals surface area (Å²) in [6.45, 7) is 7.01. The Balaban J connectivity index is 1.53. The highest BCUT2D eigenvalue weighted by atomic mass is 19.1. The highest BCUT2D eigenvalue weighted by Crippen LogP contribution is 2.27. The summed E-state index contributed by atoms with van der Waals surface area (Å²) in [6, 6.07) is 6.51. The fourth-order valence-corrected chi connectivity index (χ4v) is 3.29. The van der Waals surface area contributed by atoms with Gasteiger partial charge in [0.1, 0.15) is 11.6 Å². The van der Waals surface area contributed by atoms with Gasteiger partial charge in [-0.25, -0.2) is 14.2 Å². The van der Waals surface area contributed by atoms with Crippen molar-refractivity contribution in [1.29, 1.82) is 0 Å². The molecule has 1 aromatic heterocycles. The van der Waals surface area contributed by atoms with Crippen molar-refractivity contribution >= 4 is 6.03 Å². The van der Waals surface area contributed by atoms with E-state index in [4.69, 9.17) is 0 Å². The lowest BCUT2D eigenvalue weighted by molar-refractivity contribution is 0.207. The number of nitrogens with one attached hydrogen (secondary N) is 1. The van der Waals surface area contributed by atoms with Crippen LogP contribution in [0.4, 0.5) is 9.18 Å². The van der Waals surface area contributed by atoms with Crippen LogP contribution >= 0.6 is 0 Å². The second-order valence-electron chi connectivity index (χ2n) is 7.03. The third kappa shape index (κ3) is 4.38. The number of halogens is 1. The number of amides is 2. The molecule has 0 spiro atoms. The Morgan fingerprint density at radius 1 is 1.36 bits per heavy atom. The van der Waals surface area contributed by atoms with Gasteiger partial charge in [-0.05, 0) is 30.0 Å². The number of nitrogens with zero attached hydrogens (tertiary/aromatic N) is 3. The predicted octanol–water partition coefficient (Wildman–Crippen LogP) is 3.38. The van der Waals surface area contributed by atoms with Crippen LogP contribution < -0.4 is 5.32 Å².